The minimum absolute atomic E-state index is 0.134. The van der Waals surface area contributed by atoms with Gasteiger partial charge in [0.15, 0.2) is 0 Å². The van der Waals surface area contributed by atoms with Crippen molar-refractivity contribution in [1.82, 2.24) is 9.62 Å². The van der Waals surface area contributed by atoms with Gasteiger partial charge < -0.3 is 10.6 Å². The second kappa shape index (κ2) is 8.09. The maximum atomic E-state index is 12.5. The summed E-state index contributed by atoms with van der Waals surface area (Å²) in [5.41, 5.74) is 0.596. The SMILES string of the molecule is CC[C@H](C)N[C@@H](C)C(=O)Nc1ccc(S(=O)(=O)N2CCCC2)cc1. The smallest absolute Gasteiger partial charge is 0.243 e. The largest absolute Gasteiger partial charge is 0.325 e. The van der Waals surface area contributed by atoms with E-state index in [0.29, 0.717) is 18.8 Å². The number of amides is 1. The van der Waals surface area contributed by atoms with Crippen LogP contribution in [0.25, 0.3) is 0 Å². The molecule has 24 heavy (non-hydrogen) atoms. The van der Waals surface area contributed by atoms with E-state index in [1.807, 2.05) is 13.8 Å². The first-order valence-electron chi connectivity index (χ1n) is 8.51. The van der Waals surface area contributed by atoms with Crippen LogP contribution in [0.5, 0.6) is 0 Å². The summed E-state index contributed by atoms with van der Waals surface area (Å²) in [7, 11) is -3.41. The summed E-state index contributed by atoms with van der Waals surface area (Å²) in [6.45, 7) is 7.07. The number of carbonyl (C=O) groups is 1. The predicted octanol–water partition coefficient (Wildman–Crippen LogP) is 2.19. The predicted molar refractivity (Wildman–Crippen MR) is 95.4 cm³/mol. The third kappa shape index (κ3) is 4.55. The highest BCUT2D eigenvalue weighted by Crippen LogP contribution is 2.22. The first kappa shape index (κ1) is 18.9. The van der Waals surface area contributed by atoms with Crippen LogP contribution in [-0.2, 0) is 14.8 Å². The molecule has 1 aromatic carbocycles. The van der Waals surface area contributed by atoms with E-state index in [1.165, 1.54) is 4.31 Å². The summed E-state index contributed by atoms with van der Waals surface area (Å²) < 4.78 is 26.4. The Bertz CT molecular complexity index is 652. The fourth-order valence-corrected chi connectivity index (χ4v) is 4.18. The topological polar surface area (TPSA) is 78.5 Å². The number of benzene rings is 1. The minimum atomic E-state index is -3.41. The van der Waals surface area contributed by atoms with E-state index < -0.39 is 10.0 Å². The number of nitrogens with one attached hydrogen (secondary N) is 2. The van der Waals surface area contributed by atoms with Crippen molar-refractivity contribution in [1.29, 1.82) is 0 Å². The number of anilines is 1. The van der Waals surface area contributed by atoms with Gasteiger partial charge in [0.25, 0.3) is 0 Å². The van der Waals surface area contributed by atoms with E-state index in [0.717, 1.165) is 19.3 Å². The Hall–Kier alpha value is -1.44. The van der Waals surface area contributed by atoms with Gasteiger partial charge in [-0.15, -0.1) is 0 Å². The Balaban J connectivity index is 2.00. The number of nitrogens with zero attached hydrogens (tertiary/aromatic N) is 1. The van der Waals surface area contributed by atoms with Crippen molar-refractivity contribution < 1.29 is 13.2 Å². The molecule has 1 saturated heterocycles. The van der Waals surface area contributed by atoms with Crippen LogP contribution >= 0.6 is 0 Å². The number of sulfonamides is 1. The summed E-state index contributed by atoms with van der Waals surface area (Å²) >= 11 is 0. The summed E-state index contributed by atoms with van der Waals surface area (Å²) in [6, 6.07) is 6.33. The van der Waals surface area contributed by atoms with Crippen LogP contribution in [0.15, 0.2) is 29.2 Å². The number of hydrogen-bond donors (Lipinski definition) is 2. The zero-order valence-corrected chi connectivity index (χ0v) is 15.4. The van der Waals surface area contributed by atoms with Crippen LogP contribution < -0.4 is 10.6 Å². The van der Waals surface area contributed by atoms with Gasteiger partial charge in [0.05, 0.1) is 10.9 Å². The highest BCUT2D eigenvalue weighted by molar-refractivity contribution is 7.89. The third-order valence-electron chi connectivity index (χ3n) is 4.36. The van der Waals surface area contributed by atoms with Crippen molar-refractivity contribution in [2.45, 2.75) is 57.0 Å². The van der Waals surface area contributed by atoms with Gasteiger partial charge in [0.1, 0.15) is 0 Å². The number of hydrogen-bond acceptors (Lipinski definition) is 4. The van der Waals surface area contributed by atoms with Gasteiger partial charge in [-0.2, -0.15) is 4.31 Å². The first-order valence-corrected chi connectivity index (χ1v) is 9.95. The Kier molecular flexibility index (Phi) is 6.37. The molecular weight excluding hydrogens is 326 g/mol. The molecule has 1 amide bonds. The Labute approximate surface area is 144 Å². The lowest BCUT2D eigenvalue weighted by molar-refractivity contribution is -0.117. The number of rotatable bonds is 7. The molecule has 1 aromatic rings. The lowest BCUT2D eigenvalue weighted by Crippen LogP contribution is -2.42. The standard InChI is InChI=1S/C17H27N3O3S/c1-4-13(2)18-14(3)17(21)19-15-7-9-16(10-8-15)24(22,23)20-11-5-6-12-20/h7-10,13-14,18H,4-6,11-12H2,1-3H3,(H,19,21)/t13-,14-/m0/s1. The van der Waals surface area contributed by atoms with Crippen molar-refractivity contribution in [2.75, 3.05) is 18.4 Å². The van der Waals surface area contributed by atoms with Crippen molar-refractivity contribution in [3.8, 4) is 0 Å². The number of carbonyl (C=O) groups excluding carboxylic acids is 1. The summed E-state index contributed by atoms with van der Waals surface area (Å²) in [5.74, 6) is -0.134. The van der Waals surface area contributed by atoms with Crippen molar-refractivity contribution in [3.63, 3.8) is 0 Å². The normalized spacial score (nSPS) is 18.3. The van der Waals surface area contributed by atoms with Crippen LogP contribution in [-0.4, -0.2) is 43.8 Å². The van der Waals surface area contributed by atoms with Crippen LogP contribution in [0.3, 0.4) is 0 Å². The Morgan fingerprint density at radius 1 is 1.17 bits per heavy atom. The lowest BCUT2D eigenvalue weighted by Gasteiger charge is -2.19. The molecule has 0 unspecified atom stereocenters. The molecule has 0 aliphatic carbocycles. The van der Waals surface area contributed by atoms with E-state index in [-0.39, 0.29) is 22.9 Å². The molecule has 0 radical (unpaired) electrons. The van der Waals surface area contributed by atoms with Gasteiger partial charge >= 0.3 is 0 Å². The van der Waals surface area contributed by atoms with Gasteiger partial charge in [-0.25, -0.2) is 8.42 Å². The fourth-order valence-electron chi connectivity index (χ4n) is 2.66. The van der Waals surface area contributed by atoms with E-state index in [2.05, 4.69) is 17.6 Å². The van der Waals surface area contributed by atoms with Gasteiger partial charge in [-0.1, -0.05) is 6.92 Å². The quantitative estimate of drug-likeness (QED) is 0.788. The molecule has 2 rings (SSSR count). The molecule has 6 nitrogen and oxygen atoms in total. The van der Waals surface area contributed by atoms with E-state index in [9.17, 15) is 13.2 Å². The second-order valence-electron chi connectivity index (χ2n) is 6.32. The lowest BCUT2D eigenvalue weighted by atomic mass is 10.2. The zero-order valence-electron chi connectivity index (χ0n) is 14.6. The minimum Gasteiger partial charge on any atom is -0.325 e. The molecule has 1 aliphatic heterocycles. The molecule has 0 saturated carbocycles. The van der Waals surface area contributed by atoms with Crippen LogP contribution in [0.2, 0.25) is 0 Å². The van der Waals surface area contributed by atoms with E-state index in [1.54, 1.807) is 24.3 Å². The summed E-state index contributed by atoms with van der Waals surface area (Å²) in [5, 5.41) is 6.02. The van der Waals surface area contributed by atoms with Crippen LogP contribution in [0.4, 0.5) is 5.69 Å². The molecule has 1 aliphatic rings. The van der Waals surface area contributed by atoms with E-state index in [4.69, 9.17) is 0 Å². The second-order valence-corrected chi connectivity index (χ2v) is 8.26. The Morgan fingerprint density at radius 2 is 1.75 bits per heavy atom. The molecular formula is C17H27N3O3S. The molecule has 1 fully saturated rings. The summed E-state index contributed by atoms with van der Waals surface area (Å²) in [6.07, 6.45) is 2.77. The molecule has 2 N–H and O–H groups in total. The average molecular weight is 353 g/mol. The van der Waals surface area contributed by atoms with Gasteiger partial charge in [0.2, 0.25) is 15.9 Å². The van der Waals surface area contributed by atoms with Gasteiger partial charge in [-0.05, 0) is 57.4 Å². The zero-order chi connectivity index (χ0) is 17.7. The molecule has 134 valence electrons. The van der Waals surface area contributed by atoms with E-state index >= 15 is 0 Å². The van der Waals surface area contributed by atoms with Crippen LogP contribution in [0.1, 0.15) is 40.0 Å². The fraction of sp³-hybridized carbons (Fsp3) is 0.588. The maximum absolute atomic E-state index is 12.5. The monoisotopic (exact) mass is 353 g/mol. The van der Waals surface area contributed by atoms with Crippen molar-refractivity contribution in [3.05, 3.63) is 24.3 Å². The van der Waals surface area contributed by atoms with Crippen molar-refractivity contribution in [2.24, 2.45) is 0 Å². The highest BCUT2D eigenvalue weighted by atomic mass is 32.2. The average Bonchev–Trinajstić information content (AvgIpc) is 3.10. The van der Waals surface area contributed by atoms with Crippen LogP contribution in [0, 0.1) is 0 Å². The molecule has 2 atom stereocenters. The molecule has 7 heteroatoms. The third-order valence-corrected chi connectivity index (χ3v) is 6.28. The molecule has 0 aromatic heterocycles. The van der Waals surface area contributed by atoms with Gasteiger partial charge in [-0.3, -0.25) is 4.79 Å². The molecule has 0 spiro atoms. The summed E-state index contributed by atoms with van der Waals surface area (Å²) in [4.78, 5) is 12.4. The molecule has 0 bridgehead atoms. The Morgan fingerprint density at radius 3 is 2.29 bits per heavy atom. The van der Waals surface area contributed by atoms with Gasteiger partial charge in [0, 0.05) is 24.8 Å². The first-order chi connectivity index (χ1) is 11.3. The molecule has 1 heterocycles. The highest BCUT2D eigenvalue weighted by Gasteiger charge is 2.27. The maximum Gasteiger partial charge on any atom is 0.243 e. The van der Waals surface area contributed by atoms with Crippen molar-refractivity contribution >= 4 is 21.6 Å².